The van der Waals surface area contributed by atoms with Crippen LogP contribution < -0.4 is 19.1 Å². The highest BCUT2D eigenvalue weighted by molar-refractivity contribution is 6.51. The van der Waals surface area contributed by atoms with Crippen LogP contribution in [0.25, 0.3) is 5.76 Å². The number of methoxy groups -OCH3 is 1. The van der Waals surface area contributed by atoms with Gasteiger partial charge in [0.05, 0.1) is 25.3 Å². The maximum atomic E-state index is 13.4. The molecule has 1 aliphatic rings. The number of aryl methyl sites for hydroxylation is 1. The predicted molar refractivity (Wildman–Crippen MR) is 142 cm³/mol. The van der Waals surface area contributed by atoms with Gasteiger partial charge in [0.2, 0.25) is 0 Å². The Hall–Kier alpha value is -4.59. The van der Waals surface area contributed by atoms with Crippen LogP contribution in [-0.2, 0) is 14.4 Å². The number of hydrogen-bond acceptors (Lipinski definition) is 7. The average molecular weight is 516 g/mol. The number of aliphatic hydroxyl groups excluding tert-OH is 1. The highest BCUT2D eigenvalue weighted by Gasteiger charge is 2.47. The van der Waals surface area contributed by atoms with Gasteiger partial charge >= 0.3 is 5.97 Å². The molecule has 1 atom stereocenters. The van der Waals surface area contributed by atoms with E-state index < -0.39 is 23.7 Å². The lowest BCUT2D eigenvalue weighted by Gasteiger charge is -2.26. The number of carbonyl (C=O) groups is 3. The molecule has 1 aliphatic heterocycles. The first-order chi connectivity index (χ1) is 18.2. The van der Waals surface area contributed by atoms with Crippen LogP contribution in [0.4, 0.5) is 5.69 Å². The molecule has 0 spiro atoms. The van der Waals surface area contributed by atoms with Crippen LogP contribution in [0.5, 0.6) is 17.2 Å². The lowest BCUT2D eigenvalue weighted by molar-refractivity contribution is -0.132. The molecule has 8 heteroatoms. The molecule has 1 fully saturated rings. The summed E-state index contributed by atoms with van der Waals surface area (Å²) < 4.78 is 16.2. The number of amides is 1. The minimum absolute atomic E-state index is 0.0558. The van der Waals surface area contributed by atoms with Gasteiger partial charge in [-0.2, -0.15) is 0 Å². The Morgan fingerprint density at radius 1 is 1.00 bits per heavy atom. The Morgan fingerprint density at radius 3 is 2.37 bits per heavy atom. The molecule has 0 aromatic heterocycles. The number of rotatable bonds is 8. The lowest BCUT2D eigenvalue weighted by atomic mass is 9.94. The zero-order chi connectivity index (χ0) is 27.4. The van der Waals surface area contributed by atoms with Crippen molar-refractivity contribution in [3.8, 4) is 17.2 Å². The Morgan fingerprint density at radius 2 is 1.74 bits per heavy atom. The van der Waals surface area contributed by atoms with Crippen LogP contribution in [0, 0.1) is 6.92 Å². The zero-order valence-corrected chi connectivity index (χ0v) is 21.7. The van der Waals surface area contributed by atoms with Crippen molar-refractivity contribution in [3.05, 3.63) is 89.0 Å². The van der Waals surface area contributed by atoms with Gasteiger partial charge in [-0.05, 0) is 66.9 Å². The number of carbonyl (C=O) groups excluding carboxylic acids is 3. The summed E-state index contributed by atoms with van der Waals surface area (Å²) in [5.41, 5.74) is 2.09. The third-order valence-electron chi connectivity index (χ3n) is 6.14. The van der Waals surface area contributed by atoms with Crippen LogP contribution >= 0.6 is 0 Å². The molecular weight excluding hydrogens is 486 g/mol. The molecule has 0 bridgehead atoms. The van der Waals surface area contributed by atoms with E-state index >= 15 is 0 Å². The standard InChI is InChI=1S/C30H29NO7/c1-5-15-37-25-14-11-21(16-18(25)2)28(33)26-27(20-9-12-23(13-10-20)38-19(3)32)31(30(35)29(26)34)22-7-6-8-24(17-22)36-4/h6-14,16-17,27,33H,5,15H2,1-4H3/b28-26+. The van der Waals surface area contributed by atoms with Crippen LogP contribution in [0.2, 0.25) is 0 Å². The van der Waals surface area contributed by atoms with E-state index in [1.54, 1.807) is 66.7 Å². The van der Waals surface area contributed by atoms with Gasteiger partial charge in [0.15, 0.2) is 0 Å². The molecule has 0 radical (unpaired) electrons. The second-order valence-corrected chi connectivity index (χ2v) is 8.86. The molecule has 3 aromatic rings. The second kappa shape index (κ2) is 11.2. The molecule has 38 heavy (non-hydrogen) atoms. The number of aliphatic hydroxyl groups is 1. The van der Waals surface area contributed by atoms with Gasteiger partial charge < -0.3 is 19.3 Å². The van der Waals surface area contributed by atoms with E-state index in [1.165, 1.54) is 18.9 Å². The van der Waals surface area contributed by atoms with E-state index in [1.807, 2.05) is 13.8 Å². The largest absolute Gasteiger partial charge is 0.507 e. The number of benzene rings is 3. The summed E-state index contributed by atoms with van der Waals surface area (Å²) >= 11 is 0. The Bertz CT molecular complexity index is 1410. The fourth-order valence-electron chi connectivity index (χ4n) is 4.38. The lowest BCUT2D eigenvalue weighted by Crippen LogP contribution is -2.29. The first-order valence-electron chi connectivity index (χ1n) is 12.2. The summed E-state index contributed by atoms with van der Waals surface area (Å²) in [7, 11) is 1.51. The predicted octanol–water partition coefficient (Wildman–Crippen LogP) is 5.34. The van der Waals surface area contributed by atoms with Gasteiger partial charge in [-0.3, -0.25) is 19.3 Å². The van der Waals surface area contributed by atoms with Crippen molar-refractivity contribution < 1.29 is 33.7 Å². The van der Waals surface area contributed by atoms with Gasteiger partial charge in [-0.25, -0.2) is 0 Å². The van der Waals surface area contributed by atoms with Gasteiger partial charge in [-0.1, -0.05) is 25.1 Å². The van der Waals surface area contributed by atoms with Crippen molar-refractivity contribution in [2.24, 2.45) is 0 Å². The summed E-state index contributed by atoms with van der Waals surface area (Å²) in [4.78, 5) is 39.5. The molecule has 1 N–H and O–H groups in total. The van der Waals surface area contributed by atoms with E-state index in [-0.39, 0.29) is 11.3 Å². The second-order valence-electron chi connectivity index (χ2n) is 8.86. The van der Waals surface area contributed by atoms with Crippen LogP contribution in [0.15, 0.2) is 72.3 Å². The summed E-state index contributed by atoms with van der Waals surface area (Å²) in [6, 6.07) is 17.4. The van der Waals surface area contributed by atoms with Crippen molar-refractivity contribution in [3.63, 3.8) is 0 Å². The van der Waals surface area contributed by atoms with Gasteiger partial charge in [-0.15, -0.1) is 0 Å². The quantitative estimate of drug-likeness (QED) is 0.142. The SMILES string of the molecule is CCCOc1ccc(/C(O)=C2\C(=O)C(=O)N(c3cccc(OC)c3)C2c2ccc(OC(C)=O)cc2)cc1C. The maximum Gasteiger partial charge on any atom is 0.308 e. The molecule has 0 saturated carbocycles. The van der Waals surface area contributed by atoms with Crippen molar-refractivity contribution in [1.29, 1.82) is 0 Å². The number of nitrogens with zero attached hydrogens (tertiary/aromatic N) is 1. The number of ether oxygens (including phenoxy) is 3. The first-order valence-corrected chi connectivity index (χ1v) is 12.2. The van der Waals surface area contributed by atoms with Gasteiger partial charge in [0.1, 0.15) is 23.0 Å². The third-order valence-corrected chi connectivity index (χ3v) is 6.14. The van der Waals surface area contributed by atoms with Crippen molar-refractivity contribution in [1.82, 2.24) is 0 Å². The Labute approximate surface area is 221 Å². The highest BCUT2D eigenvalue weighted by Crippen LogP contribution is 2.43. The van der Waals surface area contributed by atoms with E-state index in [9.17, 15) is 19.5 Å². The van der Waals surface area contributed by atoms with Crippen LogP contribution in [-0.4, -0.2) is 36.5 Å². The van der Waals surface area contributed by atoms with Crippen LogP contribution in [0.3, 0.4) is 0 Å². The summed E-state index contributed by atoms with van der Waals surface area (Å²) in [6.45, 7) is 5.71. The zero-order valence-electron chi connectivity index (χ0n) is 21.7. The monoisotopic (exact) mass is 515 g/mol. The van der Waals surface area contributed by atoms with Crippen molar-refractivity contribution in [2.45, 2.75) is 33.2 Å². The number of anilines is 1. The first kappa shape index (κ1) is 26.5. The summed E-state index contributed by atoms with van der Waals surface area (Å²) in [6.07, 6.45) is 0.852. The fraction of sp³-hybridized carbons (Fsp3) is 0.233. The molecule has 1 unspecified atom stereocenters. The van der Waals surface area contributed by atoms with E-state index in [0.29, 0.717) is 40.7 Å². The molecule has 0 aliphatic carbocycles. The van der Waals surface area contributed by atoms with Gasteiger partial charge in [0, 0.05) is 24.2 Å². The Balaban J connectivity index is 1.86. The summed E-state index contributed by atoms with van der Waals surface area (Å²) in [5.74, 6) is -0.867. The third kappa shape index (κ3) is 5.25. The smallest absolute Gasteiger partial charge is 0.308 e. The number of Topliss-reactive ketones (excluding diaryl/α,β-unsaturated/α-hetero) is 1. The average Bonchev–Trinajstić information content (AvgIpc) is 3.17. The van der Waals surface area contributed by atoms with Gasteiger partial charge in [0.25, 0.3) is 11.7 Å². The molecule has 1 saturated heterocycles. The molecule has 1 heterocycles. The van der Waals surface area contributed by atoms with E-state index in [4.69, 9.17) is 14.2 Å². The summed E-state index contributed by atoms with van der Waals surface area (Å²) in [5, 5.41) is 11.4. The minimum atomic E-state index is -0.940. The molecule has 1 amide bonds. The van der Waals surface area contributed by atoms with Crippen molar-refractivity contribution >= 4 is 29.1 Å². The van der Waals surface area contributed by atoms with E-state index in [2.05, 4.69) is 0 Å². The number of ketones is 1. The Kier molecular flexibility index (Phi) is 7.81. The highest BCUT2D eigenvalue weighted by atomic mass is 16.5. The van der Waals surface area contributed by atoms with Crippen LogP contribution in [0.1, 0.15) is 43.0 Å². The maximum absolute atomic E-state index is 13.4. The molecule has 8 nitrogen and oxygen atoms in total. The normalized spacial score (nSPS) is 16.4. The number of esters is 1. The molecule has 4 rings (SSSR count). The minimum Gasteiger partial charge on any atom is -0.507 e. The fourth-order valence-corrected chi connectivity index (χ4v) is 4.38. The van der Waals surface area contributed by atoms with Crippen molar-refractivity contribution in [2.75, 3.05) is 18.6 Å². The topological polar surface area (TPSA) is 102 Å². The molecule has 3 aromatic carbocycles. The molecule has 196 valence electrons. The number of hydrogen-bond donors (Lipinski definition) is 1. The van der Waals surface area contributed by atoms with E-state index in [0.717, 1.165) is 12.0 Å². The molecular formula is C30H29NO7.